The van der Waals surface area contributed by atoms with Crippen molar-refractivity contribution in [2.45, 2.75) is 18.6 Å². The van der Waals surface area contributed by atoms with E-state index in [1.165, 1.54) is 0 Å². The maximum atomic E-state index is 12.7. The Morgan fingerprint density at radius 1 is 1.50 bits per heavy atom. The van der Waals surface area contributed by atoms with Crippen molar-refractivity contribution in [1.29, 1.82) is 0 Å². The fourth-order valence-corrected chi connectivity index (χ4v) is 1.60. The molecular weight excluding hydrogens is 255 g/mol. The van der Waals surface area contributed by atoms with Crippen LogP contribution in [0, 0.1) is 10.1 Å². The van der Waals surface area contributed by atoms with Crippen LogP contribution in [0.5, 0.6) is 0 Å². The first-order chi connectivity index (χ1) is 8.39. The first-order valence-corrected chi connectivity index (χ1v) is 4.79. The van der Waals surface area contributed by atoms with Gasteiger partial charge in [0.25, 0.3) is 0 Å². The lowest BCUT2D eigenvalue weighted by Gasteiger charge is -2.18. The van der Waals surface area contributed by atoms with E-state index in [1.54, 1.807) is 0 Å². The van der Waals surface area contributed by atoms with Gasteiger partial charge >= 0.3 is 6.18 Å². The summed E-state index contributed by atoms with van der Waals surface area (Å²) < 4.78 is 42.6. The third kappa shape index (κ3) is 2.24. The summed E-state index contributed by atoms with van der Waals surface area (Å²) in [6, 6.07) is -1.22. The molecular formula is C9H6F3N3O3. The number of aromatic nitrogens is 2. The Kier molecular flexibility index (Phi) is 2.89. The number of nitrogens with zero attached hydrogens (tertiary/aromatic N) is 3. The molecule has 0 saturated heterocycles. The fourth-order valence-electron chi connectivity index (χ4n) is 1.60. The summed E-state index contributed by atoms with van der Waals surface area (Å²) in [6.45, 7) is 0. The lowest BCUT2D eigenvalue weighted by Crippen LogP contribution is -2.24. The van der Waals surface area contributed by atoms with Gasteiger partial charge in [-0.1, -0.05) is 11.2 Å². The van der Waals surface area contributed by atoms with Crippen LogP contribution in [0.4, 0.5) is 13.2 Å². The van der Waals surface area contributed by atoms with E-state index >= 15 is 0 Å². The molecule has 0 saturated carbocycles. The zero-order valence-electron chi connectivity index (χ0n) is 8.72. The molecule has 0 radical (unpaired) electrons. The molecule has 0 fully saturated rings. The Bertz CT molecular complexity index is 519. The average Bonchev–Trinajstić information content (AvgIpc) is 2.80. The van der Waals surface area contributed by atoms with Crippen LogP contribution in [0.15, 0.2) is 28.6 Å². The summed E-state index contributed by atoms with van der Waals surface area (Å²) in [7, 11) is 0. The molecule has 0 amide bonds. The van der Waals surface area contributed by atoms with Crippen LogP contribution in [-0.2, 0) is 0 Å². The Morgan fingerprint density at radius 2 is 2.22 bits per heavy atom. The molecule has 96 valence electrons. The van der Waals surface area contributed by atoms with Crippen molar-refractivity contribution in [1.82, 2.24) is 10.1 Å². The number of halogens is 3. The second-order valence-corrected chi connectivity index (χ2v) is 3.54. The van der Waals surface area contributed by atoms with Crippen LogP contribution in [0.1, 0.15) is 12.2 Å². The van der Waals surface area contributed by atoms with Crippen molar-refractivity contribution in [3.8, 4) is 0 Å². The normalized spacial score (nSPS) is 20.3. The van der Waals surface area contributed by atoms with Crippen molar-refractivity contribution >= 4 is 5.57 Å². The molecule has 1 aliphatic carbocycles. The predicted molar refractivity (Wildman–Crippen MR) is 51.8 cm³/mol. The van der Waals surface area contributed by atoms with Gasteiger partial charge in [-0.15, -0.1) is 0 Å². The van der Waals surface area contributed by atoms with Gasteiger partial charge < -0.3 is 4.52 Å². The number of alkyl halides is 3. The summed E-state index contributed by atoms with van der Waals surface area (Å²) in [5.41, 5.74) is -1.41. The standard InChI is InChI=1S/C9H6F3N3O3/c10-9(11,12)7-2-1-5(15(16)17)3-6(7)8-13-4-18-14-8/h2-5H,1H2. The molecule has 1 aromatic heterocycles. The van der Waals surface area contributed by atoms with Crippen molar-refractivity contribution in [3.63, 3.8) is 0 Å². The summed E-state index contributed by atoms with van der Waals surface area (Å²) in [6.07, 6.45) is -2.40. The molecule has 0 N–H and O–H groups in total. The van der Waals surface area contributed by atoms with E-state index in [1.807, 2.05) is 0 Å². The van der Waals surface area contributed by atoms with Crippen LogP contribution in [0.3, 0.4) is 0 Å². The summed E-state index contributed by atoms with van der Waals surface area (Å²) in [5, 5.41) is 13.9. The summed E-state index contributed by atoms with van der Waals surface area (Å²) in [4.78, 5) is 13.4. The summed E-state index contributed by atoms with van der Waals surface area (Å²) >= 11 is 0. The Balaban J connectivity index is 2.45. The predicted octanol–water partition coefficient (Wildman–Crippen LogP) is 1.99. The number of nitro groups is 1. The highest BCUT2D eigenvalue weighted by molar-refractivity contribution is 5.77. The highest BCUT2D eigenvalue weighted by Gasteiger charge is 2.41. The molecule has 1 aromatic rings. The van der Waals surface area contributed by atoms with Gasteiger partial charge in [-0.3, -0.25) is 10.1 Å². The SMILES string of the molecule is O=[N+]([O-])C1C=C(c2ncon2)C(C(F)(F)F)=CC1. The van der Waals surface area contributed by atoms with Gasteiger partial charge in [0.1, 0.15) is 0 Å². The number of hydrogen-bond acceptors (Lipinski definition) is 5. The van der Waals surface area contributed by atoms with E-state index < -0.39 is 28.3 Å². The third-order valence-electron chi connectivity index (χ3n) is 2.39. The van der Waals surface area contributed by atoms with Gasteiger partial charge in [-0.25, -0.2) is 0 Å². The monoisotopic (exact) mass is 261 g/mol. The molecule has 1 unspecified atom stereocenters. The van der Waals surface area contributed by atoms with Crippen LogP contribution in [0.2, 0.25) is 0 Å². The Hall–Kier alpha value is -2.19. The van der Waals surface area contributed by atoms with Gasteiger partial charge in [0.15, 0.2) is 0 Å². The van der Waals surface area contributed by atoms with Gasteiger partial charge in [-0.05, 0) is 0 Å². The molecule has 1 heterocycles. The second kappa shape index (κ2) is 4.24. The topological polar surface area (TPSA) is 82.1 Å². The maximum Gasteiger partial charge on any atom is 0.416 e. The zero-order valence-corrected chi connectivity index (χ0v) is 8.72. The minimum Gasteiger partial charge on any atom is -0.342 e. The maximum absolute atomic E-state index is 12.7. The van der Waals surface area contributed by atoms with Crippen molar-refractivity contribution in [3.05, 3.63) is 40.1 Å². The molecule has 1 aliphatic rings. The highest BCUT2D eigenvalue weighted by Crippen LogP contribution is 2.38. The molecule has 18 heavy (non-hydrogen) atoms. The summed E-state index contributed by atoms with van der Waals surface area (Å²) in [5.74, 6) is -0.315. The van der Waals surface area contributed by atoms with Crippen molar-refractivity contribution in [2.24, 2.45) is 0 Å². The van der Waals surface area contributed by atoms with E-state index in [0.717, 1.165) is 18.5 Å². The van der Waals surface area contributed by atoms with E-state index in [0.29, 0.717) is 0 Å². The Morgan fingerprint density at radius 3 is 2.72 bits per heavy atom. The molecule has 0 bridgehead atoms. The van der Waals surface area contributed by atoms with Crippen LogP contribution in [0.25, 0.3) is 5.57 Å². The Labute approximate surface area is 97.9 Å². The van der Waals surface area contributed by atoms with Gasteiger partial charge in [0.05, 0.1) is 5.57 Å². The molecule has 9 heteroatoms. The van der Waals surface area contributed by atoms with E-state index in [9.17, 15) is 23.3 Å². The minimum absolute atomic E-state index is 0.315. The fraction of sp³-hybridized carbons (Fsp3) is 0.333. The van der Waals surface area contributed by atoms with E-state index in [-0.39, 0.29) is 12.2 Å². The molecule has 1 atom stereocenters. The molecule has 6 nitrogen and oxygen atoms in total. The van der Waals surface area contributed by atoms with Crippen LogP contribution < -0.4 is 0 Å². The number of hydrogen-bond donors (Lipinski definition) is 0. The van der Waals surface area contributed by atoms with E-state index in [4.69, 9.17) is 0 Å². The molecule has 0 aromatic carbocycles. The van der Waals surface area contributed by atoms with Gasteiger partial charge in [0, 0.05) is 23.0 Å². The quantitative estimate of drug-likeness (QED) is 0.600. The zero-order chi connectivity index (χ0) is 13.3. The highest BCUT2D eigenvalue weighted by atomic mass is 19.4. The van der Waals surface area contributed by atoms with Gasteiger partial charge in [0.2, 0.25) is 18.3 Å². The van der Waals surface area contributed by atoms with Crippen molar-refractivity contribution < 1.29 is 22.6 Å². The first kappa shape index (κ1) is 12.3. The second-order valence-electron chi connectivity index (χ2n) is 3.54. The van der Waals surface area contributed by atoms with Crippen LogP contribution >= 0.6 is 0 Å². The number of allylic oxidation sites excluding steroid dienone is 2. The average molecular weight is 261 g/mol. The van der Waals surface area contributed by atoms with Crippen molar-refractivity contribution in [2.75, 3.05) is 0 Å². The molecule has 2 rings (SSSR count). The lowest BCUT2D eigenvalue weighted by atomic mass is 9.94. The number of rotatable bonds is 2. The van der Waals surface area contributed by atoms with E-state index in [2.05, 4.69) is 14.7 Å². The molecule has 0 spiro atoms. The van der Waals surface area contributed by atoms with Gasteiger partial charge in [-0.2, -0.15) is 18.2 Å². The van der Waals surface area contributed by atoms with Crippen LogP contribution in [-0.4, -0.2) is 27.3 Å². The smallest absolute Gasteiger partial charge is 0.342 e. The third-order valence-corrected chi connectivity index (χ3v) is 2.39. The first-order valence-electron chi connectivity index (χ1n) is 4.79. The minimum atomic E-state index is -4.62. The lowest BCUT2D eigenvalue weighted by molar-refractivity contribution is -0.508. The largest absolute Gasteiger partial charge is 0.416 e. The molecule has 0 aliphatic heterocycles.